The van der Waals surface area contributed by atoms with Crippen LogP contribution in [0.4, 0.5) is 5.69 Å². The minimum absolute atomic E-state index is 0.413. The molecule has 40 heavy (non-hydrogen) atoms. The second-order valence-electron chi connectivity index (χ2n) is 12.4. The van der Waals surface area contributed by atoms with E-state index in [1.54, 1.807) is 6.20 Å². The lowest BCUT2D eigenvalue weighted by Gasteiger charge is -2.40. The quantitative estimate of drug-likeness (QED) is 0.503. The number of benzene rings is 1. The topological polar surface area (TPSA) is 83.9 Å². The molecule has 3 aliphatic heterocycles. The highest BCUT2D eigenvalue weighted by atomic mass is 16.5. The second kappa shape index (κ2) is 11.7. The number of nitrogens with zero attached hydrogens (tertiary/aromatic N) is 4. The van der Waals surface area contributed by atoms with Gasteiger partial charge in [-0.15, -0.1) is 0 Å². The number of allylic oxidation sites excluding steroid dienone is 1. The van der Waals surface area contributed by atoms with E-state index in [4.69, 9.17) is 21.2 Å². The van der Waals surface area contributed by atoms with Crippen LogP contribution in [0.15, 0.2) is 42.0 Å². The Bertz CT molecular complexity index is 1280. The lowest BCUT2D eigenvalue weighted by atomic mass is 9.82. The smallest absolute Gasteiger partial charge is 0.101 e. The molecule has 0 amide bonds. The molecule has 0 aliphatic carbocycles. The number of morpholine rings is 1. The molecule has 1 aromatic carbocycles. The van der Waals surface area contributed by atoms with E-state index in [1.165, 1.54) is 52.0 Å². The van der Waals surface area contributed by atoms with Crippen molar-refractivity contribution in [1.82, 2.24) is 14.8 Å². The Balaban J connectivity index is 1.43. The van der Waals surface area contributed by atoms with Gasteiger partial charge in [0.05, 0.1) is 24.6 Å². The molecule has 7 heteroatoms. The van der Waals surface area contributed by atoms with E-state index in [0.717, 1.165) is 69.3 Å². The summed E-state index contributed by atoms with van der Waals surface area (Å²) in [5.74, 6) is 0.754. The number of hydrogen-bond donors (Lipinski definition) is 2. The lowest BCUT2D eigenvalue weighted by Crippen LogP contribution is -2.39. The van der Waals surface area contributed by atoms with E-state index in [9.17, 15) is 0 Å². The Morgan fingerprint density at radius 3 is 2.40 bits per heavy atom. The largest absolute Gasteiger partial charge is 0.403 e. The van der Waals surface area contributed by atoms with Crippen LogP contribution in [0.3, 0.4) is 0 Å². The molecule has 5 rings (SSSR count). The molecule has 0 atom stereocenters. The van der Waals surface area contributed by atoms with Crippen LogP contribution >= 0.6 is 0 Å². The number of rotatable bonds is 6. The summed E-state index contributed by atoms with van der Waals surface area (Å²) in [6.45, 7) is 18.4. The van der Waals surface area contributed by atoms with E-state index in [-0.39, 0.29) is 0 Å². The molecule has 1 aromatic heterocycles. The molecule has 7 nitrogen and oxygen atoms in total. The van der Waals surface area contributed by atoms with Gasteiger partial charge in [0, 0.05) is 68.5 Å². The van der Waals surface area contributed by atoms with Crippen molar-refractivity contribution in [1.29, 1.82) is 0 Å². The Morgan fingerprint density at radius 1 is 1.00 bits per heavy atom. The first-order valence-corrected chi connectivity index (χ1v) is 15.0. The predicted molar refractivity (Wildman–Crippen MR) is 165 cm³/mol. The van der Waals surface area contributed by atoms with Crippen molar-refractivity contribution < 1.29 is 4.74 Å². The summed E-state index contributed by atoms with van der Waals surface area (Å²) in [4.78, 5) is 12.2. The standard InChI is InChI=1S/C33H48N6O/c1-6-29-23(2)36-24(3)31(32(29)38-13-10-33(4,5)11-14-38)26-7-8-27-22-39(12-9-25(27)19-26)28(21-34)20-30(35)37-15-17-40-18-16-37/h7-8,19-21H,6,9-18,22,34-35H2,1-5H3/b28-21+,30-20+. The normalized spacial score (nSPS) is 20.1. The average Bonchev–Trinajstić information content (AvgIpc) is 2.95. The van der Waals surface area contributed by atoms with Crippen molar-refractivity contribution in [2.45, 2.75) is 66.8 Å². The molecule has 0 saturated carbocycles. The summed E-state index contributed by atoms with van der Waals surface area (Å²) in [6, 6.07) is 7.04. The van der Waals surface area contributed by atoms with Crippen molar-refractivity contribution in [2.75, 3.05) is 50.8 Å². The van der Waals surface area contributed by atoms with Gasteiger partial charge >= 0.3 is 0 Å². The number of piperidine rings is 1. The zero-order valence-electron chi connectivity index (χ0n) is 25.2. The number of pyridine rings is 1. The average molecular weight is 545 g/mol. The van der Waals surface area contributed by atoms with Crippen LogP contribution in [0.5, 0.6) is 0 Å². The number of aromatic nitrogens is 1. The molecule has 0 spiro atoms. The molecule has 2 aromatic rings. The molecule has 4 heterocycles. The number of hydrogen-bond acceptors (Lipinski definition) is 7. The van der Waals surface area contributed by atoms with Crippen LogP contribution in [0, 0.1) is 19.3 Å². The Hall–Kier alpha value is -3.19. The predicted octanol–water partition coefficient (Wildman–Crippen LogP) is 4.84. The highest BCUT2D eigenvalue weighted by Crippen LogP contribution is 2.42. The third kappa shape index (κ3) is 5.80. The van der Waals surface area contributed by atoms with E-state index < -0.39 is 0 Å². The number of anilines is 1. The SMILES string of the molecule is CCc1c(C)nc(C)c(-c2ccc3c(c2)CCN(C(/C=C(\N)N2CCOCC2)=C/N)C3)c1N1CCC(C)(C)CC1. The molecule has 4 N–H and O–H groups in total. The zero-order valence-corrected chi connectivity index (χ0v) is 25.2. The van der Waals surface area contributed by atoms with E-state index in [0.29, 0.717) is 18.6 Å². The summed E-state index contributed by atoms with van der Waals surface area (Å²) in [5, 5.41) is 0. The van der Waals surface area contributed by atoms with Crippen molar-refractivity contribution in [2.24, 2.45) is 16.9 Å². The molecule has 2 saturated heterocycles. The van der Waals surface area contributed by atoms with Gasteiger partial charge in [-0.25, -0.2) is 0 Å². The highest BCUT2D eigenvalue weighted by molar-refractivity contribution is 5.84. The molecule has 3 aliphatic rings. The molecule has 216 valence electrons. The second-order valence-corrected chi connectivity index (χ2v) is 12.4. The molecule has 0 radical (unpaired) electrons. The first kappa shape index (κ1) is 28.3. The Labute approximate surface area is 240 Å². The zero-order chi connectivity index (χ0) is 28.4. The number of aryl methyl sites for hydroxylation is 2. The summed E-state index contributed by atoms with van der Waals surface area (Å²) in [7, 11) is 0. The van der Waals surface area contributed by atoms with Crippen LogP contribution in [0.2, 0.25) is 0 Å². The van der Waals surface area contributed by atoms with Crippen LogP contribution in [-0.4, -0.2) is 60.7 Å². The minimum atomic E-state index is 0.413. The van der Waals surface area contributed by atoms with Crippen molar-refractivity contribution in [3.05, 3.63) is 70.1 Å². The first-order valence-electron chi connectivity index (χ1n) is 15.0. The molecular formula is C33H48N6O. The van der Waals surface area contributed by atoms with Gasteiger partial charge in [-0.3, -0.25) is 4.98 Å². The van der Waals surface area contributed by atoms with Gasteiger partial charge < -0.3 is 30.9 Å². The van der Waals surface area contributed by atoms with Gasteiger partial charge in [0.1, 0.15) is 5.82 Å². The summed E-state index contributed by atoms with van der Waals surface area (Å²) in [5.41, 5.74) is 24.4. The van der Waals surface area contributed by atoms with Crippen molar-refractivity contribution in [3.8, 4) is 11.1 Å². The molecule has 0 unspecified atom stereocenters. The minimum Gasteiger partial charge on any atom is -0.403 e. The number of ether oxygens (including phenoxy) is 1. The fraction of sp³-hybridized carbons (Fsp3) is 0.545. The summed E-state index contributed by atoms with van der Waals surface area (Å²) < 4.78 is 5.47. The van der Waals surface area contributed by atoms with E-state index in [2.05, 4.69) is 67.5 Å². The van der Waals surface area contributed by atoms with Crippen LogP contribution in [0.25, 0.3) is 11.1 Å². The third-order valence-electron chi connectivity index (χ3n) is 9.16. The molecule has 0 bridgehead atoms. The molecule has 2 fully saturated rings. The van der Waals surface area contributed by atoms with Gasteiger partial charge in [-0.1, -0.05) is 39.0 Å². The maximum atomic E-state index is 6.45. The third-order valence-corrected chi connectivity index (χ3v) is 9.16. The Morgan fingerprint density at radius 2 is 1.73 bits per heavy atom. The van der Waals surface area contributed by atoms with E-state index in [1.807, 2.05) is 6.08 Å². The van der Waals surface area contributed by atoms with Crippen LogP contribution < -0.4 is 16.4 Å². The number of nitrogens with two attached hydrogens (primary N) is 2. The monoisotopic (exact) mass is 544 g/mol. The van der Waals surface area contributed by atoms with Gasteiger partial charge in [-0.2, -0.15) is 0 Å². The number of fused-ring (bicyclic) bond motifs is 1. The van der Waals surface area contributed by atoms with Gasteiger partial charge in [-0.05, 0) is 67.2 Å². The van der Waals surface area contributed by atoms with Gasteiger partial charge in [0.25, 0.3) is 0 Å². The fourth-order valence-corrected chi connectivity index (χ4v) is 6.56. The first-order chi connectivity index (χ1) is 19.2. The fourth-order valence-electron chi connectivity index (χ4n) is 6.56. The van der Waals surface area contributed by atoms with Gasteiger partial charge in [0.2, 0.25) is 0 Å². The van der Waals surface area contributed by atoms with Crippen LogP contribution in [0.1, 0.15) is 61.7 Å². The van der Waals surface area contributed by atoms with Gasteiger partial charge in [0.15, 0.2) is 0 Å². The molecular weight excluding hydrogens is 496 g/mol. The lowest BCUT2D eigenvalue weighted by molar-refractivity contribution is 0.0529. The van der Waals surface area contributed by atoms with E-state index >= 15 is 0 Å². The summed E-state index contributed by atoms with van der Waals surface area (Å²) in [6.07, 6.45) is 8.11. The summed E-state index contributed by atoms with van der Waals surface area (Å²) >= 11 is 0. The van der Waals surface area contributed by atoms with Crippen molar-refractivity contribution >= 4 is 5.69 Å². The maximum Gasteiger partial charge on any atom is 0.101 e. The van der Waals surface area contributed by atoms with Crippen LogP contribution in [-0.2, 0) is 24.1 Å². The Kier molecular flexibility index (Phi) is 8.31. The van der Waals surface area contributed by atoms with Crippen molar-refractivity contribution in [3.63, 3.8) is 0 Å². The maximum absolute atomic E-state index is 6.45. The highest BCUT2D eigenvalue weighted by Gasteiger charge is 2.30.